The van der Waals surface area contributed by atoms with E-state index in [1.165, 1.54) is 25.2 Å². The average Bonchev–Trinajstić information content (AvgIpc) is 3.13. The predicted molar refractivity (Wildman–Crippen MR) is 60.1 cm³/mol. The molecule has 1 saturated carbocycles. The van der Waals surface area contributed by atoms with Gasteiger partial charge in [-0.2, -0.15) is 0 Å². The van der Waals surface area contributed by atoms with Crippen LogP contribution >= 0.6 is 0 Å². The topological polar surface area (TPSA) is 75.5 Å². The van der Waals surface area contributed by atoms with Gasteiger partial charge in [0.2, 0.25) is 11.6 Å². The first-order valence-electron chi connectivity index (χ1n) is 5.56. The summed E-state index contributed by atoms with van der Waals surface area (Å²) < 4.78 is 5.35. The van der Waals surface area contributed by atoms with Crippen LogP contribution in [0.4, 0.5) is 0 Å². The molecule has 0 bridgehead atoms. The van der Waals surface area contributed by atoms with Crippen LogP contribution in [0.1, 0.15) is 23.3 Å². The Morgan fingerprint density at radius 2 is 2.24 bits per heavy atom. The van der Waals surface area contributed by atoms with Gasteiger partial charge in [-0.1, -0.05) is 0 Å². The minimum absolute atomic E-state index is 0.0872. The Morgan fingerprint density at radius 3 is 2.88 bits per heavy atom. The van der Waals surface area contributed by atoms with Gasteiger partial charge in [0.15, 0.2) is 0 Å². The van der Waals surface area contributed by atoms with Crippen LogP contribution in [-0.2, 0) is 0 Å². The van der Waals surface area contributed by atoms with Crippen molar-refractivity contribution in [3.63, 3.8) is 0 Å². The van der Waals surface area contributed by atoms with Crippen LogP contribution in [0.5, 0.6) is 5.88 Å². The Morgan fingerprint density at radius 1 is 1.53 bits per heavy atom. The molecule has 0 aromatic carbocycles. The summed E-state index contributed by atoms with van der Waals surface area (Å²) in [4.78, 5) is 20.6. The van der Waals surface area contributed by atoms with Gasteiger partial charge in [0.25, 0.3) is 0 Å². The molecule has 1 aromatic rings. The number of carboxylic acids is 1. The van der Waals surface area contributed by atoms with Crippen LogP contribution in [0.25, 0.3) is 0 Å². The maximum Gasteiger partial charge on any atom is 0.360 e. The molecule has 0 atom stereocenters. The highest BCUT2D eigenvalue weighted by Crippen LogP contribution is 2.24. The van der Waals surface area contributed by atoms with Gasteiger partial charge in [-0.3, -0.25) is 0 Å². The van der Waals surface area contributed by atoms with E-state index in [1.54, 1.807) is 0 Å². The van der Waals surface area contributed by atoms with Crippen LogP contribution in [0.15, 0.2) is 12.4 Å². The Bertz CT molecular complexity index is 407. The molecule has 1 aliphatic carbocycles. The summed E-state index contributed by atoms with van der Waals surface area (Å²) in [7, 11) is 2.04. The van der Waals surface area contributed by atoms with Gasteiger partial charge < -0.3 is 14.7 Å². The van der Waals surface area contributed by atoms with Crippen molar-refractivity contribution in [1.29, 1.82) is 0 Å². The molecule has 2 rings (SSSR count). The molecule has 6 nitrogen and oxygen atoms in total. The van der Waals surface area contributed by atoms with Crippen LogP contribution in [0, 0.1) is 0 Å². The van der Waals surface area contributed by atoms with E-state index in [0.717, 1.165) is 6.54 Å². The van der Waals surface area contributed by atoms with E-state index < -0.39 is 5.97 Å². The summed E-state index contributed by atoms with van der Waals surface area (Å²) in [5, 5.41) is 8.88. The molecule has 0 spiro atoms. The van der Waals surface area contributed by atoms with Gasteiger partial charge in [-0.15, -0.1) is 0 Å². The van der Waals surface area contributed by atoms with Gasteiger partial charge in [-0.05, 0) is 19.9 Å². The SMILES string of the molecule is CN(CCOc1nccnc1C(=O)O)C1CC1. The molecular formula is C11H15N3O3. The van der Waals surface area contributed by atoms with Crippen molar-refractivity contribution < 1.29 is 14.6 Å². The van der Waals surface area contributed by atoms with Crippen molar-refractivity contribution in [3.8, 4) is 5.88 Å². The van der Waals surface area contributed by atoms with E-state index in [9.17, 15) is 4.79 Å². The lowest BCUT2D eigenvalue weighted by Gasteiger charge is -2.15. The first-order valence-corrected chi connectivity index (χ1v) is 5.56. The molecule has 1 aromatic heterocycles. The third kappa shape index (κ3) is 3.13. The number of aromatic nitrogens is 2. The van der Waals surface area contributed by atoms with Crippen molar-refractivity contribution in [2.24, 2.45) is 0 Å². The third-order valence-corrected chi connectivity index (χ3v) is 2.72. The minimum atomic E-state index is -1.12. The Kier molecular flexibility index (Phi) is 3.53. The smallest absolute Gasteiger partial charge is 0.360 e. The first kappa shape index (κ1) is 11.8. The van der Waals surface area contributed by atoms with E-state index in [2.05, 4.69) is 14.9 Å². The fourth-order valence-electron chi connectivity index (χ4n) is 1.56. The second-order valence-electron chi connectivity index (χ2n) is 4.08. The molecule has 6 heteroatoms. The van der Waals surface area contributed by atoms with Crippen LogP contribution in [0.2, 0.25) is 0 Å². The molecule has 92 valence electrons. The second-order valence-corrected chi connectivity index (χ2v) is 4.08. The average molecular weight is 237 g/mol. The number of hydrogen-bond donors (Lipinski definition) is 1. The maximum absolute atomic E-state index is 10.8. The van der Waals surface area contributed by atoms with E-state index in [0.29, 0.717) is 12.6 Å². The van der Waals surface area contributed by atoms with Gasteiger partial charge >= 0.3 is 5.97 Å². The lowest BCUT2D eigenvalue weighted by molar-refractivity contribution is 0.0683. The summed E-state index contributed by atoms with van der Waals surface area (Å²) in [5.74, 6) is -1.03. The standard InChI is InChI=1S/C11H15N3O3/c1-14(8-2-3-8)6-7-17-10-9(11(15)16)12-4-5-13-10/h4-5,8H,2-3,6-7H2,1H3,(H,15,16). The summed E-state index contributed by atoms with van der Waals surface area (Å²) in [6, 6.07) is 0.666. The summed E-state index contributed by atoms with van der Waals surface area (Å²) >= 11 is 0. The molecule has 1 heterocycles. The van der Waals surface area contributed by atoms with E-state index in [4.69, 9.17) is 9.84 Å². The van der Waals surface area contributed by atoms with Gasteiger partial charge in [0.05, 0.1) is 0 Å². The molecule has 0 radical (unpaired) electrons. The van der Waals surface area contributed by atoms with Gasteiger partial charge in [0.1, 0.15) is 6.61 Å². The van der Waals surface area contributed by atoms with E-state index in [-0.39, 0.29) is 11.6 Å². The van der Waals surface area contributed by atoms with Crippen molar-refractivity contribution >= 4 is 5.97 Å². The largest absolute Gasteiger partial charge is 0.476 e. The second kappa shape index (κ2) is 5.09. The zero-order chi connectivity index (χ0) is 12.3. The van der Waals surface area contributed by atoms with Crippen LogP contribution in [-0.4, -0.2) is 52.2 Å². The van der Waals surface area contributed by atoms with Crippen molar-refractivity contribution in [1.82, 2.24) is 14.9 Å². The predicted octanol–water partition coefficient (Wildman–Crippen LogP) is 0.648. The van der Waals surface area contributed by atoms with Crippen molar-refractivity contribution in [2.75, 3.05) is 20.2 Å². The molecular weight excluding hydrogens is 222 g/mol. The summed E-state index contributed by atoms with van der Waals surface area (Å²) in [5.41, 5.74) is -0.137. The normalized spacial score (nSPS) is 14.9. The molecule has 1 aliphatic rings. The number of nitrogens with zero attached hydrogens (tertiary/aromatic N) is 3. The van der Waals surface area contributed by atoms with E-state index >= 15 is 0 Å². The number of ether oxygens (including phenoxy) is 1. The number of aromatic carboxylic acids is 1. The number of likely N-dealkylation sites (N-methyl/N-ethyl adjacent to an activating group) is 1. The molecule has 0 unspecified atom stereocenters. The number of hydrogen-bond acceptors (Lipinski definition) is 5. The first-order chi connectivity index (χ1) is 8.18. The van der Waals surface area contributed by atoms with Crippen LogP contribution in [0.3, 0.4) is 0 Å². The fourth-order valence-corrected chi connectivity index (χ4v) is 1.56. The quantitative estimate of drug-likeness (QED) is 0.782. The number of carbonyl (C=O) groups is 1. The van der Waals surface area contributed by atoms with E-state index in [1.807, 2.05) is 7.05 Å². The minimum Gasteiger partial charge on any atom is -0.476 e. The lowest BCUT2D eigenvalue weighted by Crippen LogP contribution is -2.26. The molecule has 0 saturated heterocycles. The highest BCUT2D eigenvalue weighted by molar-refractivity contribution is 5.87. The van der Waals surface area contributed by atoms with Crippen molar-refractivity contribution in [3.05, 3.63) is 18.1 Å². The molecule has 17 heavy (non-hydrogen) atoms. The third-order valence-electron chi connectivity index (χ3n) is 2.72. The number of carboxylic acid groups (broad SMARTS) is 1. The lowest BCUT2D eigenvalue weighted by atomic mass is 10.4. The number of rotatable bonds is 6. The summed E-state index contributed by atoms with van der Waals surface area (Å²) in [6.45, 7) is 1.19. The summed E-state index contributed by atoms with van der Waals surface area (Å²) in [6.07, 6.45) is 5.24. The zero-order valence-corrected chi connectivity index (χ0v) is 9.67. The molecule has 1 N–H and O–H groups in total. The highest BCUT2D eigenvalue weighted by Gasteiger charge is 2.25. The van der Waals surface area contributed by atoms with Crippen LogP contribution < -0.4 is 4.74 Å². The Labute approximate surface area is 99.2 Å². The maximum atomic E-state index is 10.8. The van der Waals surface area contributed by atoms with Crippen molar-refractivity contribution in [2.45, 2.75) is 18.9 Å². The molecule has 1 fully saturated rings. The monoisotopic (exact) mass is 237 g/mol. The van der Waals surface area contributed by atoms with Gasteiger partial charge in [0, 0.05) is 25.0 Å². The Balaban J connectivity index is 1.87. The Hall–Kier alpha value is -1.69. The molecule has 0 amide bonds. The molecule has 0 aliphatic heterocycles. The fraction of sp³-hybridized carbons (Fsp3) is 0.545. The highest BCUT2D eigenvalue weighted by atomic mass is 16.5. The van der Waals surface area contributed by atoms with Gasteiger partial charge in [-0.25, -0.2) is 14.8 Å². The zero-order valence-electron chi connectivity index (χ0n) is 9.67.